The zero-order valence-electron chi connectivity index (χ0n) is 13.3. The second-order valence-corrected chi connectivity index (χ2v) is 5.82. The maximum absolute atomic E-state index is 11.2. The SMILES string of the molecule is CC(=O)CCc1nc2c(C)cc(-c3ccccc3)cc2n1C. The first-order chi connectivity index (χ1) is 10.6. The number of hydrogen-bond acceptors (Lipinski definition) is 2. The normalized spacial score (nSPS) is 11.0. The number of ketones is 1. The van der Waals surface area contributed by atoms with E-state index in [0.717, 1.165) is 16.9 Å². The van der Waals surface area contributed by atoms with E-state index in [1.807, 2.05) is 13.1 Å². The molecule has 0 fully saturated rings. The molecule has 112 valence electrons. The van der Waals surface area contributed by atoms with Crippen molar-refractivity contribution in [2.45, 2.75) is 26.7 Å². The lowest BCUT2D eigenvalue weighted by Crippen LogP contribution is -2.01. The third-order valence-corrected chi connectivity index (χ3v) is 4.08. The summed E-state index contributed by atoms with van der Waals surface area (Å²) in [4.78, 5) is 15.9. The number of nitrogens with zero attached hydrogens (tertiary/aromatic N) is 2. The number of imidazole rings is 1. The number of aromatic nitrogens is 2. The van der Waals surface area contributed by atoms with E-state index >= 15 is 0 Å². The molecule has 0 atom stereocenters. The van der Waals surface area contributed by atoms with Crippen LogP contribution in [0.3, 0.4) is 0 Å². The van der Waals surface area contributed by atoms with Gasteiger partial charge in [0.2, 0.25) is 0 Å². The van der Waals surface area contributed by atoms with Gasteiger partial charge in [0.05, 0.1) is 11.0 Å². The smallest absolute Gasteiger partial charge is 0.130 e. The van der Waals surface area contributed by atoms with E-state index in [-0.39, 0.29) is 5.78 Å². The van der Waals surface area contributed by atoms with Crippen molar-refractivity contribution in [3.8, 4) is 11.1 Å². The van der Waals surface area contributed by atoms with Crippen LogP contribution in [-0.4, -0.2) is 15.3 Å². The Balaban J connectivity index is 2.09. The van der Waals surface area contributed by atoms with Crippen molar-refractivity contribution in [2.75, 3.05) is 0 Å². The molecule has 0 unspecified atom stereocenters. The Bertz CT molecular complexity index is 832. The molecule has 3 rings (SSSR count). The molecule has 1 aromatic heterocycles. The Morgan fingerprint density at radius 1 is 1.14 bits per heavy atom. The summed E-state index contributed by atoms with van der Waals surface area (Å²) in [6.07, 6.45) is 1.24. The lowest BCUT2D eigenvalue weighted by molar-refractivity contribution is -0.117. The van der Waals surface area contributed by atoms with Crippen molar-refractivity contribution in [3.63, 3.8) is 0 Å². The first-order valence-corrected chi connectivity index (χ1v) is 7.57. The van der Waals surface area contributed by atoms with Crippen LogP contribution < -0.4 is 0 Å². The van der Waals surface area contributed by atoms with Crippen LogP contribution in [0.1, 0.15) is 24.7 Å². The molecule has 1 heterocycles. The summed E-state index contributed by atoms with van der Waals surface area (Å²) in [6, 6.07) is 14.7. The monoisotopic (exact) mass is 292 g/mol. The van der Waals surface area contributed by atoms with Gasteiger partial charge in [-0.15, -0.1) is 0 Å². The zero-order valence-corrected chi connectivity index (χ0v) is 13.3. The van der Waals surface area contributed by atoms with Gasteiger partial charge in [-0.2, -0.15) is 0 Å². The Labute approximate surface area is 130 Å². The van der Waals surface area contributed by atoms with E-state index in [4.69, 9.17) is 4.98 Å². The van der Waals surface area contributed by atoms with Gasteiger partial charge in [0.15, 0.2) is 0 Å². The molecule has 22 heavy (non-hydrogen) atoms. The summed E-state index contributed by atoms with van der Waals surface area (Å²) >= 11 is 0. The fourth-order valence-corrected chi connectivity index (χ4v) is 2.81. The number of fused-ring (bicyclic) bond motifs is 1. The van der Waals surface area contributed by atoms with Gasteiger partial charge < -0.3 is 9.36 Å². The van der Waals surface area contributed by atoms with Gasteiger partial charge >= 0.3 is 0 Å². The predicted molar refractivity (Wildman–Crippen MR) is 89.9 cm³/mol. The molecule has 0 bridgehead atoms. The van der Waals surface area contributed by atoms with E-state index in [9.17, 15) is 4.79 Å². The highest BCUT2D eigenvalue weighted by Gasteiger charge is 2.12. The fourth-order valence-electron chi connectivity index (χ4n) is 2.81. The highest BCUT2D eigenvalue weighted by atomic mass is 16.1. The van der Waals surface area contributed by atoms with Gasteiger partial charge in [-0.3, -0.25) is 0 Å². The quantitative estimate of drug-likeness (QED) is 0.726. The predicted octanol–water partition coefficient (Wildman–Crippen LogP) is 4.07. The minimum Gasteiger partial charge on any atom is -0.331 e. The van der Waals surface area contributed by atoms with Gasteiger partial charge in [-0.25, -0.2) is 4.98 Å². The third-order valence-electron chi connectivity index (χ3n) is 4.08. The topological polar surface area (TPSA) is 34.9 Å². The Hall–Kier alpha value is -2.42. The molecule has 3 aromatic rings. The Morgan fingerprint density at radius 2 is 1.86 bits per heavy atom. The van der Waals surface area contributed by atoms with Gasteiger partial charge in [0.25, 0.3) is 0 Å². The molecule has 0 N–H and O–H groups in total. The molecule has 0 aliphatic rings. The van der Waals surface area contributed by atoms with Crippen LogP contribution in [0.4, 0.5) is 0 Å². The molecule has 0 aliphatic heterocycles. The first-order valence-electron chi connectivity index (χ1n) is 7.57. The minimum atomic E-state index is 0.203. The van der Waals surface area contributed by atoms with Gasteiger partial charge in [-0.05, 0) is 42.7 Å². The van der Waals surface area contributed by atoms with Crippen LogP contribution in [0.15, 0.2) is 42.5 Å². The van der Waals surface area contributed by atoms with Crippen LogP contribution in [0.2, 0.25) is 0 Å². The number of carbonyl (C=O) groups is 1. The second kappa shape index (κ2) is 5.76. The number of rotatable bonds is 4. The van der Waals surface area contributed by atoms with Crippen molar-refractivity contribution in [3.05, 3.63) is 53.9 Å². The standard InChI is InChI=1S/C19H20N2O/c1-13-11-16(15-7-5-4-6-8-15)12-17-19(13)20-18(21(17)3)10-9-14(2)22/h4-8,11-12H,9-10H2,1-3H3. The van der Waals surface area contributed by atoms with Crippen molar-refractivity contribution in [1.29, 1.82) is 0 Å². The molecule has 0 saturated carbocycles. The largest absolute Gasteiger partial charge is 0.331 e. The summed E-state index contributed by atoms with van der Waals surface area (Å²) in [6.45, 7) is 3.72. The number of hydrogen-bond donors (Lipinski definition) is 0. The van der Waals surface area contributed by atoms with Crippen molar-refractivity contribution >= 4 is 16.8 Å². The summed E-state index contributed by atoms with van der Waals surface area (Å²) in [7, 11) is 2.03. The second-order valence-electron chi connectivity index (χ2n) is 5.82. The van der Waals surface area contributed by atoms with Crippen LogP contribution in [0, 0.1) is 6.92 Å². The summed E-state index contributed by atoms with van der Waals surface area (Å²) in [5.41, 5.74) is 5.73. The molecule has 0 aliphatic carbocycles. The van der Waals surface area contributed by atoms with E-state index in [2.05, 4.69) is 47.9 Å². The molecule has 0 amide bonds. The van der Waals surface area contributed by atoms with E-state index < -0.39 is 0 Å². The number of aryl methyl sites for hydroxylation is 3. The van der Waals surface area contributed by atoms with E-state index in [0.29, 0.717) is 12.8 Å². The van der Waals surface area contributed by atoms with E-state index in [1.165, 1.54) is 16.7 Å². The molecule has 3 nitrogen and oxygen atoms in total. The summed E-state index contributed by atoms with van der Waals surface area (Å²) in [5.74, 6) is 1.17. The lowest BCUT2D eigenvalue weighted by atomic mass is 10.0. The van der Waals surface area contributed by atoms with Crippen LogP contribution in [0.5, 0.6) is 0 Å². The molecular weight excluding hydrogens is 272 g/mol. The molecule has 3 heteroatoms. The van der Waals surface area contributed by atoms with Crippen molar-refractivity contribution in [1.82, 2.24) is 9.55 Å². The number of carbonyl (C=O) groups excluding carboxylic acids is 1. The zero-order chi connectivity index (χ0) is 15.7. The van der Waals surface area contributed by atoms with Gasteiger partial charge in [0.1, 0.15) is 11.6 Å². The minimum absolute atomic E-state index is 0.203. The molecule has 0 radical (unpaired) electrons. The average molecular weight is 292 g/mol. The van der Waals surface area contributed by atoms with E-state index in [1.54, 1.807) is 6.92 Å². The molecule has 0 spiro atoms. The number of benzene rings is 2. The van der Waals surface area contributed by atoms with Gasteiger partial charge in [0, 0.05) is 19.9 Å². The highest BCUT2D eigenvalue weighted by molar-refractivity contribution is 5.85. The summed E-state index contributed by atoms with van der Waals surface area (Å²) < 4.78 is 2.11. The van der Waals surface area contributed by atoms with Crippen LogP contribution >= 0.6 is 0 Å². The first kappa shape index (κ1) is 14.5. The lowest BCUT2D eigenvalue weighted by Gasteiger charge is -2.06. The summed E-state index contributed by atoms with van der Waals surface area (Å²) in [5, 5.41) is 0. The number of Topliss-reactive ketones (excluding diaryl/α,β-unsaturated/α-hetero) is 1. The fraction of sp³-hybridized carbons (Fsp3) is 0.263. The maximum atomic E-state index is 11.2. The molecule has 0 saturated heterocycles. The molecular formula is C19H20N2O. The molecule has 2 aromatic carbocycles. The average Bonchev–Trinajstić information content (AvgIpc) is 2.83. The van der Waals surface area contributed by atoms with Crippen molar-refractivity contribution in [2.24, 2.45) is 7.05 Å². The van der Waals surface area contributed by atoms with Crippen LogP contribution in [0.25, 0.3) is 22.2 Å². The Morgan fingerprint density at radius 3 is 2.55 bits per heavy atom. The van der Waals surface area contributed by atoms with Crippen molar-refractivity contribution < 1.29 is 4.79 Å². The highest BCUT2D eigenvalue weighted by Crippen LogP contribution is 2.27. The van der Waals surface area contributed by atoms with Gasteiger partial charge in [-0.1, -0.05) is 30.3 Å². The Kier molecular flexibility index (Phi) is 3.80. The third kappa shape index (κ3) is 2.67. The maximum Gasteiger partial charge on any atom is 0.130 e. The van der Waals surface area contributed by atoms with Crippen LogP contribution in [-0.2, 0) is 18.3 Å².